The molecule has 0 amide bonds. The Kier molecular flexibility index (Phi) is 4.75. The molecular weight excluding hydrogens is 266 g/mol. The fraction of sp³-hybridized carbons (Fsp3) is 0.375. The summed E-state index contributed by atoms with van der Waals surface area (Å²) in [5.74, 6) is 0.739. The molecule has 0 saturated heterocycles. The van der Waals surface area contributed by atoms with Gasteiger partial charge in [0.2, 0.25) is 0 Å². The van der Waals surface area contributed by atoms with E-state index in [-0.39, 0.29) is 5.56 Å². The molecule has 1 aromatic carbocycles. The van der Waals surface area contributed by atoms with Crippen molar-refractivity contribution in [2.24, 2.45) is 0 Å². The fourth-order valence-electron chi connectivity index (χ4n) is 2.05. The Morgan fingerprint density at radius 1 is 1.33 bits per heavy atom. The number of aromatic amines is 1. The van der Waals surface area contributed by atoms with Crippen LogP contribution in [-0.4, -0.2) is 23.3 Å². The van der Waals surface area contributed by atoms with Gasteiger partial charge < -0.3 is 10.1 Å². The van der Waals surface area contributed by atoms with E-state index in [1.165, 1.54) is 0 Å². The minimum Gasteiger partial charge on any atom is -0.496 e. The number of H-pyrrole nitrogens is 1. The molecule has 0 saturated carbocycles. The number of methoxy groups -OCH3 is 1. The lowest BCUT2D eigenvalue weighted by molar-refractivity contribution is 0.416. The zero-order valence-electron chi connectivity index (χ0n) is 12.9. The van der Waals surface area contributed by atoms with Gasteiger partial charge in [0.15, 0.2) is 0 Å². The van der Waals surface area contributed by atoms with Crippen LogP contribution >= 0.6 is 0 Å². The Labute approximate surface area is 124 Å². The first-order valence-corrected chi connectivity index (χ1v) is 6.98. The van der Waals surface area contributed by atoms with Crippen molar-refractivity contribution in [3.05, 3.63) is 45.7 Å². The van der Waals surface area contributed by atoms with Gasteiger partial charge in [-0.3, -0.25) is 4.79 Å². The highest BCUT2D eigenvalue weighted by Crippen LogP contribution is 2.29. The van der Waals surface area contributed by atoms with E-state index in [0.29, 0.717) is 23.8 Å². The van der Waals surface area contributed by atoms with Crippen molar-refractivity contribution in [1.82, 2.24) is 15.5 Å². The molecule has 2 aromatic rings. The van der Waals surface area contributed by atoms with Crippen molar-refractivity contribution in [2.75, 3.05) is 7.11 Å². The second kappa shape index (κ2) is 6.54. The molecular formula is C16H21N3O2. The first-order valence-electron chi connectivity index (χ1n) is 6.98. The van der Waals surface area contributed by atoms with Crippen LogP contribution in [0.5, 0.6) is 5.75 Å². The third kappa shape index (κ3) is 3.70. The third-order valence-corrected chi connectivity index (χ3v) is 3.21. The van der Waals surface area contributed by atoms with Crippen molar-refractivity contribution in [2.45, 2.75) is 33.4 Å². The number of ether oxygens (including phenoxy) is 1. The number of hydrogen-bond acceptors (Lipinski definition) is 4. The molecule has 2 N–H and O–H groups in total. The van der Waals surface area contributed by atoms with E-state index in [4.69, 9.17) is 4.74 Å². The van der Waals surface area contributed by atoms with Crippen molar-refractivity contribution in [1.29, 1.82) is 0 Å². The van der Waals surface area contributed by atoms with E-state index in [2.05, 4.69) is 15.5 Å². The minimum atomic E-state index is -0.168. The maximum Gasteiger partial charge on any atom is 0.268 e. The number of nitrogens with one attached hydrogen (secondary N) is 2. The van der Waals surface area contributed by atoms with Crippen LogP contribution in [0, 0.1) is 6.92 Å². The fourth-order valence-corrected chi connectivity index (χ4v) is 2.05. The number of rotatable bonds is 5. The average Bonchev–Trinajstić information content (AvgIpc) is 2.46. The summed E-state index contributed by atoms with van der Waals surface area (Å²) in [5, 5.41) is 9.94. The summed E-state index contributed by atoms with van der Waals surface area (Å²) >= 11 is 0. The standard InChI is InChI=1S/C16H21N3O2/c1-10(2)17-9-12-8-14(18-19-16(12)20)13-7-11(3)5-6-15(13)21-4/h5-8,10,17H,9H2,1-4H3,(H,19,20). The topological polar surface area (TPSA) is 67.0 Å². The first kappa shape index (κ1) is 15.3. The zero-order chi connectivity index (χ0) is 15.4. The molecule has 0 spiro atoms. The summed E-state index contributed by atoms with van der Waals surface area (Å²) in [7, 11) is 1.63. The van der Waals surface area contributed by atoms with Crippen LogP contribution in [0.1, 0.15) is 25.0 Å². The number of aromatic nitrogens is 2. The molecule has 5 heteroatoms. The molecule has 0 unspecified atom stereocenters. The van der Waals surface area contributed by atoms with E-state index in [9.17, 15) is 4.79 Å². The monoisotopic (exact) mass is 287 g/mol. The largest absolute Gasteiger partial charge is 0.496 e. The van der Waals surface area contributed by atoms with Gasteiger partial charge in [-0.25, -0.2) is 5.10 Å². The Morgan fingerprint density at radius 2 is 2.10 bits per heavy atom. The molecule has 5 nitrogen and oxygen atoms in total. The van der Waals surface area contributed by atoms with E-state index in [1.54, 1.807) is 7.11 Å². The quantitative estimate of drug-likeness (QED) is 0.885. The van der Waals surface area contributed by atoms with Crippen molar-refractivity contribution in [3.8, 4) is 17.0 Å². The van der Waals surface area contributed by atoms with E-state index < -0.39 is 0 Å². The van der Waals surface area contributed by atoms with Crippen molar-refractivity contribution in [3.63, 3.8) is 0 Å². The molecule has 0 aliphatic rings. The van der Waals surface area contributed by atoms with Gasteiger partial charge in [-0.15, -0.1) is 0 Å². The molecule has 0 atom stereocenters. The highest BCUT2D eigenvalue weighted by atomic mass is 16.5. The molecule has 0 bridgehead atoms. The van der Waals surface area contributed by atoms with Gasteiger partial charge in [-0.2, -0.15) is 5.10 Å². The lowest BCUT2D eigenvalue weighted by atomic mass is 10.1. The maximum absolute atomic E-state index is 11.8. The van der Waals surface area contributed by atoms with Crippen molar-refractivity contribution >= 4 is 0 Å². The van der Waals surface area contributed by atoms with Gasteiger partial charge in [0.25, 0.3) is 5.56 Å². The van der Waals surface area contributed by atoms with Crippen LogP contribution < -0.4 is 15.6 Å². The van der Waals surface area contributed by atoms with Gasteiger partial charge in [0.05, 0.1) is 12.8 Å². The highest BCUT2D eigenvalue weighted by Gasteiger charge is 2.10. The predicted molar refractivity (Wildman–Crippen MR) is 83.6 cm³/mol. The number of aryl methyl sites for hydroxylation is 1. The minimum absolute atomic E-state index is 0.168. The number of benzene rings is 1. The normalized spacial score (nSPS) is 10.9. The Hall–Kier alpha value is -2.14. The summed E-state index contributed by atoms with van der Waals surface area (Å²) < 4.78 is 5.38. The lowest BCUT2D eigenvalue weighted by Crippen LogP contribution is -2.26. The van der Waals surface area contributed by atoms with Crippen LogP contribution in [0.25, 0.3) is 11.3 Å². The summed E-state index contributed by atoms with van der Waals surface area (Å²) in [6, 6.07) is 8.01. The molecule has 1 heterocycles. The molecule has 0 fully saturated rings. The molecule has 0 aliphatic heterocycles. The molecule has 0 aliphatic carbocycles. The number of nitrogens with zero attached hydrogens (tertiary/aromatic N) is 1. The second-order valence-corrected chi connectivity index (χ2v) is 5.35. The zero-order valence-corrected chi connectivity index (χ0v) is 12.9. The summed E-state index contributed by atoms with van der Waals surface area (Å²) in [6.07, 6.45) is 0. The second-order valence-electron chi connectivity index (χ2n) is 5.35. The molecule has 1 aromatic heterocycles. The van der Waals surface area contributed by atoms with Gasteiger partial charge in [0, 0.05) is 23.7 Å². The van der Waals surface area contributed by atoms with Crippen LogP contribution in [0.4, 0.5) is 0 Å². The van der Waals surface area contributed by atoms with Crippen LogP contribution in [0.3, 0.4) is 0 Å². The number of hydrogen-bond donors (Lipinski definition) is 2. The van der Waals surface area contributed by atoms with Gasteiger partial charge in [-0.1, -0.05) is 25.5 Å². The SMILES string of the molecule is COc1ccc(C)cc1-c1cc(CNC(C)C)c(=O)[nH]n1. The Balaban J connectivity index is 2.43. The smallest absolute Gasteiger partial charge is 0.268 e. The van der Waals surface area contributed by atoms with Gasteiger partial charge >= 0.3 is 0 Å². The first-order chi connectivity index (χ1) is 10.0. The van der Waals surface area contributed by atoms with Crippen LogP contribution in [-0.2, 0) is 6.54 Å². The van der Waals surface area contributed by atoms with E-state index in [0.717, 1.165) is 16.9 Å². The molecule has 21 heavy (non-hydrogen) atoms. The average molecular weight is 287 g/mol. The van der Waals surface area contributed by atoms with Gasteiger partial charge in [-0.05, 0) is 25.1 Å². The van der Waals surface area contributed by atoms with Crippen LogP contribution in [0.15, 0.2) is 29.1 Å². The summed E-state index contributed by atoms with van der Waals surface area (Å²) in [5.41, 5.74) is 3.19. The molecule has 0 radical (unpaired) electrons. The van der Waals surface area contributed by atoms with Gasteiger partial charge in [0.1, 0.15) is 5.75 Å². The molecule has 2 rings (SSSR count). The maximum atomic E-state index is 11.8. The predicted octanol–water partition coefficient (Wildman–Crippen LogP) is 2.25. The van der Waals surface area contributed by atoms with Crippen molar-refractivity contribution < 1.29 is 4.74 Å². The van der Waals surface area contributed by atoms with E-state index in [1.807, 2.05) is 45.0 Å². The highest BCUT2D eigenvalue weighted by molar-refractivity contribution is 5.68. The third-order valence-electron chi connectivity index (χ3n) is 3.21. The van der Waals surface area contributed by atoms with E-state index >= 15 is 0 Å². The molecule has 112 valence electrons. The Bertz CT molecular complexity index is 677. The summed E-state index contributed by atoms with van der Waals surface area (Å²) in [6.45, 7) is 6.60. The van der Waals surface area contributed by atoms with Crippen LogP contribution in [0.2, 0.25) is 0 Å². The Morgan fingerprint density at radius 3 is 2.76 bits per heavy atom. The summed E-state index contributed by atoms with van der Waals surface area (Å²) in [4.78, 5) is 11.8. The lowest BCUT2D eigenvalue weighted by Gasteiger charge is -2.11.